The summed E-state index contributed by atoms with van der Waals surface area (Å²) in [7, 11) is -2.08. The van der Waals surface area contributed by atoms with E-state index >= 15 is 0 Å². The van der Waals surface area contributed by atoms with Crippen molar-refractivity contribution in [3.63, 3.8) is 0 Å². The molecule has 2 saturated heterocycles. The number of rotatable bonds is 3. The number of halogens is 1. The van der Waals surface area contributed by atoms with Crippen LogP contribution in [-0.2, 0) is 21.9 Å². The van der Waals surface area contributed by atoms with E-state index in [1.165, 1.54) is 8.99 Å². The van der Waals surface area contributed by atoms with Crippen molar-refractivity contribution >= 4 is 27.5 Å². The summed E-state index contributed by atoms with van der Waals surface area (Å²) in [4.78, 5) is 13.8. The van der Waals surface area contributed by atoms with Crippen molar-refractivity contribution in [2.24, 2.45) is 7.05 Å². The molecule has 0 spiro atoms. The summed E-state index contributed by atoms with van der Waals surface area (Å²) in [5.41, 5.74) is 0.400. The lowest BCUT2D eigenvalue weighted by atomic mass is 10.1. The summed E-state index contributed by atoms with van der Waals surface area (Å²) >= 11 is 6.13. The van der Waals surface area contributed by atoms with Gasteiger partial charge in [-0.2, -0.15) is 9.40 Å². The van der Waals surface area contributed by atoms with Crippen LogP contribution in [0.3, 0.4) is 0 Å². The van der Waals surface area contributed by atoms with Crippen LogP contribution in [0.2, 0.25) is 5.15 Å². The number of amides is 1. The fourth-order valence-corrected chi connectivity index (χ4v) is 5.70. The number of aromatic nitrogens is 2. The average Bonchev–Trinajstić information content (AvgIpc) is 3.03. The van der Waals surface area contributed by atoms with Crippen molar-refractivity contribution in [2.45, 2.75) is 43.5 Å². The highest BCUT2D eigenvalue weighted by Crippen LogP contribution is 2.30. The Balaban J connectivity index is 1.86. The lowest BCUT2D eigenvalue weighted by Crippen LogP contribution is -2.50. The maximum atomic E-state index is 13.0. The molecule has 0 aliphatic carbocycles. The molecule has 0 aromatic carbocycles. The lowest BCUT2D eigenvalue weighted by molar-refractivity contribution is -0.130. The van der Waals surface area contributed by atoms with Gasteiger partial charge in [0.25, 0.3) is 0 Å². The molecule has 7 nitrogen and oxygen atoms in total. The van der Waals surface area contributed by atoms with Crippen molar-refractivity contribution in [2.75, 3.05) is 19.6 Å². The van der Waals surface area contributed by atoms with Gasteiger partial charge in [0.2, 0.25) is 15.9 Å². The number of sulfonamides is 1. The molecule has 2 aliphatic rings. The smallest absolute Gasteiger partial charge is 0.248 e. The van der Waals surface area contributed by atoms with Crippen LogP contribution >= 0.6 is 11.6 Å². The van der Waals surface area contributed by atoms with E-state index in [4.69, 9.17) is 11.6 Å². The number of likely N-dealkylation sites (tertiary alicyclic amines) is 1. The second-order valence-corrected chi connectivity index (χ2v) is 8.41. The highest BCUT2D eigenvalue weighted by Gasteiger charge is 2.38. The molecule has 1 unspecified atom stereocenters. The Hall–Kier alpha value is -1.12. The van der Waals surface area contributed by atoms with Gasteiger partial charge in [0.05, 0.1) is 5.69 Å². The molecule has 128 valence electrons. The van der Waals surface area contributed by atoms with Crippen LogP contribution in [0.15, 0.2) is 4.90 Å². The Bertz CT molecular complexity index is 731. The van der Waals surface area contributed by atoms with Crippen molar-refractivity contribution in [1.29, 1.82) is 0 Å². The summed E-state index contributed by atoms with van der Waals surface area (Å²) in [6.07, 6.45) is 3.01. The third-order valence-electron chi connectivity index (χ3n) is 4.61. The number of hydrogen-bond acceptors (Lipinski definition) is 4. The number of nitrogens with zero attached hydrogens (tertiary/aromatic N) is 4. The van der Waals surface area contributed by atoms with Crippen LogP contribution < -0.4 is 0 Å². The molecule has 0 N–H and O–H groups in total. The van der Waals surface area contributed by atoms with Gasteiger partial charge in [-0.15, -0.1) is 0 Å². The molecule has 9 heteroatoms. The van der Waals surface area contributed by atoms with Gasteiger partial charge in [0.15, 0.2) is 0 Å². The second kappa shape index (κ2) is 6.07. The Kier molecular flexibility index (Phi) is 4.41. The van der Waals surface area contributed by atoms with Crippen molar-refractivity contribution in [3.8, 4) is 0 Å². The minimum atomic E-state index is -3.70. The summed E-state index contributed by atoms with van der Waals surface area (Å²) in [6, 6.07) is -0.0377. The highest BCUT2D eigenvalue weighted by molar-refractivity contribution is 7.89. The lowest BCUT2D eigenvalue weighted by Gasteiger charge is -2.36. The van der Waals surface area contributed by atoms with E-state index in [0.29, 0.717) is 25.2 Å². The molecular weight excluding hydrogens is 340 g/mol. The maximum Gasteiger partial charge on any atom is 0.248 e. The Labute approximate surface area is 141 Å². The molecule has 1 aromatic heterocycles. The van der Waals surface area contributed by atoms with Crippen LogP contribution in [0, 0.1) is 6.92 Å². The van der Waals surface area contributed by atoms with Gasteiger partial charge >= 0.3 is 0 Å². The Morgan fingerprint density at radius 1 is 1.26 bits per heavy atom. The van der Waals surface area contributed by atoms with Gasteiger partial charge in [-0.3, -0.25) is 9.48 Å². The molecule has 1 aromatic rings. The van der Waals surface area contributed by atoms with E-state index < -0.39 is 10.0 Å². The van der Waals surface area contributed by atoms with E-state index in [-0.39, 0.29) is 22.0 Å². The van der Waals surface area contributed by atoms with Crippen molar-refractivity contribution < 1.29 is 13.2 Å². The van der Waals surface area contributed by atoms with Crippen molar-refractivity contribution in [1.82, 2.24) is 19.0 Å². The normalized spacial score (nSPS) is 23.7. The van der Waals surface area contributed by atoms with Gasteiger partial charge < -0.3 is 4.90 Å². The first-order valence-electron chi connectivity index (χ1n) is 7.81. The fourth-order valence-electron chi connectivity index (χ4n) is 3.48. The van der Waals surface area contributed by atoms with Crippen molar-refractivity contribution in [3.05, 3.63) is 10.8 Å². The van der Waals surface area contributed by atoms with Gasteiger partial charge in [0.1, 0.15) is 10.0 Å². The minimum absolute atomic E-state index is 0.0377. The van der Waals surface area contributed by atoms with Crippen LogP contribution in [0.25, 0.3) is 0 Å². The number of aryl methyl sites for hydroxylation is 2. The zero-order chi connectivity index (χ0) is 16.8. The van der Waals surface area contributed by atoms with Crippen LogP contribution in [-0.4, -0.2) is 59.0 Å². The van der Waals surface area contributed by atoms with Gasteiger partial charge in [-0.1, -0.05) is 11.6 Å². The maximum absolute atomic E-state index is 13.0. The molecule has 2 aliphatic heterocycles. The van der Waals surface area contributed by atoms with Gasteiger partial charge in [-0.25, -0.2) is 8.42 Å². The number of piperidine rings is 1. The predicted molar refractivity (Wildman–Crippen MR) is 85.7 cm³/mol. The van der Waals surface area contributed by atoms with E-state index in [1.54, 1.807) is 14.0 Å². The molecule has 1 amide bonds. The summed E-state index contributed by atoms with van der Waals surface area (Å²) in [5, 5.41) is 4.22. The van der Waals surface area contributed by atoms with E-state index in [2.05, 4.69) is 5.10 Å². The molecule has 0 saturated carbocycles. The number of hydrogen-bond donors (Lipinski definition) is 0. The number of carbonyl (C=O) groups is 1. The van der Waals surface area contributed by atoms with Gasteiger partial charge in [0, 0.05) is 39.1 Å². The third-order valence-corrected chi connectivity index (χ3v) is 7.17. The summed E-state index contributed by atoms with van der Waals surface area (Å²) < 4.78 is 28.8. The second-order valence-electron chi connectivity index (χ2n) is 6.18. The molecule has 1 atom stereocenters. The first-order valence-corrected chi connectivity index (χ1v) is 9.63. The highest BCUT2D eigenvalue weighted by atomic mass is 35.5. The van der Waals surface area contributed by atoms with E-state index in [1.807, 2.05) is 4.90 Å². The summed E-state index contributed by atoms with van der Waals surface area (Å²) in [6.45, 7) is 3.15. The Morgan fingerprint density at radius 3 is 2.57 bits per heavy atom. The van der Waals surface area contributed by atoms with E-state index in [9.17, 15) is 13.2 Å². The van der Waals surface area contributed by atoms with Crippen LogP contribution in [0.1, 0.15) is 31.4 Å². The molecule has 3 heterocycles. The first kappa shape index (κ1) is 16.7. The first-order chi connectivity index (χ1) is 10.8. The average molecular weight is 361 g/mol. The topological polar surface area (TPSA) is 75.5 Å². The third kappa shape index (κ3) is 2.88. The number of carbonyl (C=O) groups excluding carboxylic acids is 1. The minimum Gasteiger partial charge on any atom is -0.338 e. The van der Waals surface area contributed by atoms with Crippen LogP contribution in [0.5, 0.6) is 0 Å². The Morgan fingerprint density at radius 2 is 2.00 bits per heavy atom. The molecule has 23 heavy (non-hydrogen) atoms. The largest absolute Gasteiger partial charge is 0.338 e. The predicted octanol–water partition coefficient (Wildman–Crippen LogP) is 1.16. The zero-order valence-electron chi connectivity index (χ0n) is 13.3. The molecule has 0 radical (unpaired) electrons. The standard InChI is InChI=1S/C14H21ClN4O3S/c1-10-13(14(15)17(2)16-10)23(21,22)18-7-3-5-11(9-18)19-8-4-6-12(19)20/h11H,3-9H2,1-2H3. The monoisotopic (exact) mass is 360 g/mol. The van der Waals surface area contributed by atoms with Gasteiger partial charge in [-0.05, 0) is 26.2 Å². The SMILES string of the molecule is Cc1nn(C)c(Cl)c1S(=O)(=O)N1CCCC(N2CCCC2=O)C1. The molecular formula is C14H21ClN4O3S. The molecule has 3 rings (SSSR count). The molecule has 0 bridgehead atoms. The quantitative estimate of drug-likeness (QED) is 0.810. The van der Waals surface area contributed by atoms with Crippen LogP contribution in [0.4, 0.5) is 0 Å². The summed E-state index contributed by atoms with van der Waals surface area (Å²) in [5.74, 6) is 0.129. The molecule has 2 fully saturated rings. The fraction of sp³-hybridized carbons (Fsp3) is 0.714. The zero-order valence-corrected chi connectivity index (χ0v) is 14.9. The van der Waals surface area contributed by atoms with E-state index in [0.717, 1.165) is 25.8 Å².